The maximum atomic E-state index is 12.7. The number of amides is 2. The second-order valence-corrected chi connectivity index (χ2v) is 5.62. The minimum Gasteiger partial charge on any atom is -0.341 e. The molecule has 5 heteroatoms. The Morgan fingerprint density at radius 2 is 1.79 bits per heavy atom. The molecule has 108 valence electrons. The van der Waals surface area contributed by atoms with Crippen LogP contribution >= 0.6 is 0 Å². The van der Waals surface area contributed by atoms with Gasteiger partial charge in [-0.25, -0.2) is 0 Å². The molecule has 2 amide bonds. The molecule has 2 heterocycles. The predicted molar refractivity (Wildman–Crippen MR) is 73.7 cm³/mol. The first-order valence-electron chi connectivity index (χ1n) is 7.39. The van der Waals surface area contributed by atoms with Crippen molar-refractivity contribution in [1.29, 1.82) is 0 Å². The summed E-state index contributed by atoms with van der Waals surface area (Å²) >= 11 is 0. The van der Waals surface area contributed by atoms with Crippen molar-refractivity contribution in [2.24, 2.45) is 0 Å². The molecule has 0 aromatic carbocycles. The van der Waals surface area contributed by atoms with Crippen LogP contribution in [0, 0.1) is 0 Å². The summed E-state index contributed by atoms with van der Waals surface area (Å²) in [5.74, 6) is 0.344. The maximum absolute atomic E-state index is 12.7. The molecule has 0 radical (unpaired) electrons. The van der Waals surface area contributed by atoms with Crippen LogP contribution in [-0.4, -0.2) is 59.9 Å². The fraction of sp³-hybridized carbons (Fsp3) is 0.857. The molecule has 19 heavy (non-hydrogen) atoms. The van der Waals surface area contributed by atoms with Gasteiger partial charge in [0, 0.05) is 33.1 Å². The van der Waals surface area contributed by atoms with Gasteiger partial charge in [-0.3, -0.25) is 9.59 Å². The first-order chi connectivity index (χ1) is 9.09. The van der Waals surface area contributed by atoms with E-state index in [1.54, 1.807) is 6.92 Å². The summed E-state index contributed by atoms with van der Waals surface area (Å²) in [5.41, 5.74) is -0.342. The maximum Gasteiger partial charge on any atom is 0.242 e. The number of nitrogens with zero attached hydrogens (tertiary/aromatic N) is 2. The summed E-state index contributed by atoms with van der Waals surface area (Å²) < 4.78 is 0. The molecule has 0 aliphatic carbocycles. The molecule has 2 fully saturated rings. The molecule has 0 bridgehead atoms. The minimum atomic E-state index is -0.342. The van der Waals surface area contributed by atoms with Gasteiger partial charge in [0.05, 0.1) is 5.54 Å². The summed E-state index contributed by atoms with van der Waals surface area (Å²) in [6.07, 6.45) is 3.74. The molecular formula is C14H25N3O2. The number of nitrogens with one attached hydrogen (secondary N) is 1. The summed E-state index contributed by atoms with van der Waals surface area (Å²) in [4.78, 5) is 27.9. The highest BCUT2D eigenvalue weighted by atomic mass is 16.2. The molecule has 2 aliphatic heterocycles. The van der Waals surface area contributed by atoms with Crippen molar-refractivity contribution >= 4 is 11.8 Å². The first kappa shape index (κ1) is 14.3. The SMILES string of the molecule is CCC1(C(=O)N2CCCN(C(C)=O)CC2)CCCN1. The van der Waals surface area contributed by atoms with Crippen LogP contribution in [0.5, 0.6) is 0 Å². The topological polar surface area (TPSA) is 52.7 Å². The second-order valence-electron chi connectivity index (χ2n) is 5.62. The van der Waals surface area contributed by atoms with Crippen LogP contribution in [0.2, 0.25) is 0 Å². The number of hydrogen-bond acceptors (Lipinski definition) is 3. The summed E-state index contributed by atoms with van der Waals surface area (Å²) in [6, 6.07) is 0. The molecule has 2 saturated heterocycles. The molecule has 0 spiro atoms. The van der Waals surface area contributed by atoms with Gasteiger partial charge in [-0.15, -0.1) is 0 Å². The zero-order valence-electron chi connectivity index (χ0n) is 12.1. The van der Waals surface area contributed by atoms with Crippen LogP contribution in [0.3, 0.4) is 0 Å². The summed E-state index contributed by atoms with van der Waals surface area (Å²) in [7, 11) is 0. The molecule has 2 rings (SSSR count). The van der Waals surface area contributed by atoms with Gasteiger partial charge >= 0.3 is 0 Å². The number of rotatable bonds is 2. The third-order valence-corrected chi connectivity index (χ3v) is 4.49. The van der Waals surface area contributed by atoms with E-state index in [-0.39, 0.29) is 17.4 Å². The van der Waals surface area contributed by atoms with Crippen molar-refractivity contribution in [2.45, 2.75) is 45.1 Å². The highest BCUT2D eigenvalue weighted by Gasteiger charge is 2.41. The minimum absolute atomic E-state index is 0.110. The van der Waals surface area contributed by atoms with Crippen molar-refractivity contribution in [1.82, 2.24) is 15.1 Å². The zero-order valence-corrected chi connectivity index (χ0v) is 12.1. The predicted octanol–water partition coefficient (Wildman–Crippen LogP) is 0.599. The Bertz CT molecular complexity index is 351. The van der Waals surface area contributed by atoms with Gasteiger partial charge < -0.3 is 15.1 Å². The van der Waals surface area contributed by atoms with E-state index >= 15 is 0 Å². The molecule has 0 saturated carbocycles. The van der Waals surface area contributed by atoms with Crippen LogP contribution in [-0.2, 0) is 9.59 Å². The highest BCUT2D eigenvalue weighted by molar-refractivity contribution is 5.87. The normalized spacial score (nSPS) is 28.3. The van der Waals surface area contributed by atoms with E-state index in [1.165, 1.54) is 0 Å². The van der Waals surface area contributed by atoms with Crippen molar-refractivity contribution in [2.75, 3.05) is 32.7 Å². The van der Waals surface area contributed by atoms with E-state index in [2.05, 4.69) is 12.2 Å². The monoisotopic (exact) mass is 267 g/mol. The fourth-order valence-corrected chi connectivity index (χ4v) is 3.18. The van der Waals surface area contributed by atoms with E-state index in [4.69, 9.17) is 0 Å². The Balaban J connectivity index is 2.01. The van der Waals surface area contributed by atoms with E-state index < -0.39 is 0 Å². The Morgan fingerprint density at radius 1 is 1.11 bits per heavy atom. The Hall–Kier alpha value is -1.10. The molecule has 2 aliphatic rings. The smallest absolute Gasteiger partial charge is 0.242 e. The molecule has 1 unspecified atom stereocenters. The van der Waals surface area contributed by atoms with Crippen LogP contribution in [0.4, 0.5) is 0 Å². The standard InChI is InChI=1S/C14H25N3O2/c1-3-14(6-4-7-15-14)13(19)17-9-5-8-16(10-11-17)12(2)18/h15H,3-11H2,1-2H3. The molecule has 5 nitrogen and oxygen atoms in total. The summed E-state index contributed by atoms with van der Waals surface area (Å²) in [6.45, 7) is 7.49. The van der Waals surface area contributed by atoms with Gasteiger partial charge in [0.25, 0.3) is 0 Å². The molecule has 1 atom stereocenters. The Kier molecular flexibility index (Phi) is 4.45. The quantitative estimate of drug-likeness (QED) is 0.797. The van der Waals surface area contributed by atoms with E-state index in [9.17, 15) is 9.59 Å². The molecule has 1 N–H and O–H groups in total. The Labute approximate surface area is 115 Å². The van der Waals surface area contributed by atoms with Gasteiger partial charge in [-0.05, 0) is 32.2 Å². The second kappa shape index (κ2) is 5.90. The van der Waals surface area contributed by atoms with Gasteiger partial charge in [-0.1, -0.05) is 6.92 Å². The number of carbonyl (C=O) groups excluding carboxylic acids is 2. The summed E-state index contributed by atoms with van der Waals surface area (Å²) in [5, 5.41) is 3.40. The van der Waals surface area contributed by atoms with E-state index in [1.807, 2.05) is 9.80 Å². The average Bonchev–Trinajstić information content (AvgIpc) is 2.75. The third-order valence-electron chi connectivity index (χ3n) is 4.49. The largest absolute Gasteiger partial charge is 0.341 e. The number of hydrogen-bond donors (Lipinski definition) is 1. The van der Waals surface area contributed by atoms with Crippen molar-refractivity contribution in [3.8, 4) is 0 Å². The molecular weight excluding hydrogens is 242 g/mol. The fourth-order valence-electron chi connectivity index (χ4n) is 3.18. The van der Waals surface area contributed by atoms with E-state index in [0.29, 0.717) is 13.1 Å². The Morgan fingerprint density at radius 3 is 2.37 bits per heavy atom. The zero-order chi connectivity index (χ0) is 13.9. The lowest BCUT2D eigenvalue weighted by Crippen LogP contribution is -2.55. The van der Waals surface area contributed by atoms with E-state index in [0.717, 1.165) is 45.3 Å². The lowest BCUT2D eigenvalue weighted by molar-refractivity contribution is -0.138. The van der Waals surface area contributed by atoms with Crippen molar-refractivity contribution in [3.63, 3.8) is 0 Å². The average molecular weight is 267 g/mol. The van der Waals surface area contributed by atoms with Gasteiger partial charge in [0.1, 0.15) is 0 Å². The van der Waals surface area contributed by atoms with Crippen molar-refractivity contribution < 1.29 is 9.59 Å². The van der Waals surface area contributed by atoms with Crippen LogP contribution in [0.25, 0.3) is 0 Å². The van der Waals surface area contributed by atoms with Crippen LogP contribution in [0.15, 0.2) is 0 Å². The van der Waals surface area contributed by atoms with Gasteiger partial charge in [0.15, 0.2) is 0 Å². The lowest BCUT2D eigenvalue weighted by atomic mass is 9.92. The van der Waals surface area contributed by atoms with Gasteiger partial charge in [0.2, 0.25) is 11.8 Å². The highest BCUT2D eigenvalue weighted by Crippen LogP contribution is 2.26. The van der Waals surface area contributed by atoms with Gasteiger partial charge in [-0.2, -0.15) is 0 Å². The van der Waals surface area contributed by atoms with Crippen molar-refractivity contribution in [3.05, 3.63) is 0 Å². The molecule has 0 aromatic rings. The first-order valence-corrected chi connectivity index (χ1v) is 7.39. The van der Waals surface area contributed by atoms with Crippen LogP contribution in [0.1, 0.15) is 39.5 Å². The lowest BCUT2D eigenvalue weighted by Gasteiger charge is -2.33. The van der Waals surface area contributed by atoms with Crippen LogP contribution < -0.4 is 5.32 Å². The molecule has 0 aromatic heterocycles. The number of carbonyl (C=O) groups is 2. The third kappa shape index (κ3) is 2.91.